The third-order valence-electron chi connectivity index (χ3n) is 3.70. The summed E-state index contributed by atoms with van der Waals surface area (Å²) in [6.07, 6.45) is 4.99. The number of hydrogen-bond acceptors (Lipinski definition) is 5. The van der Waals surface area contributed by atoms with E-state index < -0.39 is 0 Å². The van der Waals surface area contributed by atoms with Gasteiger partial charge in [-0.05, 0) is 12.1 Å². The average Bonchev–Trinajstić information content (AvgIpc) is 2.96. The van der Waals surface area contributed by atoms with Gasteiger partial charge in [-0.2, -0.15) is 5.10 Å². The van der Waals surface area contributed by atoms with Gasteiger partial charge in [-0.15, -0.1) is 5.10 Å². The van der Waals surface area contributed by atoms with Gasteiger partial charge < -0.3 is 4.74 Å². The van der Waals surface area contributed by atoms with Crippen LogP contribution in [0.15, 0.2) is 48.9 Å². The zero-order chi connectivity index (χ0) is 15.8. The predicted molar refractivity (Wildman–Crippen MR) is 89.6 cm³/mol. The second-order valence-electron chi connectivity index (χ2n) is 4.97. The molecule has 2 aromatic carbocycles. The molecule has 0 saturated heterocycles. The molecule has 0 atom stereocenters. The van der Waals surface area contributed by atoms with Crippen LogP contribution in [0.25, 0.3) is 33.1 Å². The molecule has 0 unspecified atom stereocenters. The van der Waals surface area contributed by atoms with Gasteiger partial charge in [0.15, 0.2) is 0 Å². The molecule has 0 saturated carbocycles. The molecule has 0 fully saturated rings. The summed E-state index contributed by atoms with van der Waals surface area (Å²) in [4.78, 5) is 9.02. The van der Waals surface area contributed by atoms with Gasteiger partial charge in [-0.1, -0.05) is 29.8 Å². The van der Waals surface area contributed by atoms with Crippen LogP contribution in [0.5, 0.6) is 5.75 Å². The van der Waals surface area contributed by atoms with E-state index in [0.29, 0.717) is 16.3 Å². The minimum absolute atomic E-state index is 0.630. The van der Waals surface area contributed by atoms with E-state index in [1.807, 2.05) is 30.3 Å². The maximum absolute atomic E-state index is 6.36. The third-order valence-corrected chi connectivity index (χ3v) is 4.03. The molecule has 0 N–H and O–H groups in total. The van der Waals surface area contributed by atoms with E-state index in [9.17, 15) is 0 Å². The standard InChI is InChI=1S/C17H11ClN4O/c1-23-14-8-11-15(10-4-2-3-5-13(10)18)19-6-7-20-16(11)12-9-21-22-17(12)14/h2-9H,1H3. The van der Waals surface area contributed by atoms with Gasteiger partial charge in [0, 0.05) is 28.4 Å². The Kier molecular flexibility index (Phi) is 3.28. The Balaban J connectivity index is 2.20. The van der Waals surface area contributed by atoms with Crippen molar-refractivity contribution >= 4 is 33.4 Å². The topological polar surface area (TPSA) is 60.8 Å². The molecule has 0 spiro atoms. The number of aromatic nitrogens is 4. The highest BCUT2D eigenvalue weighted by molar-refractivity contribution is 6.33. The number of nitrogens with zero attached hydrogens (tertiary/aromatic N) is 4. The van der Waals surface area contributed by atoms with Gasteiger partial charge in [0.2, 0.25) is 0 Å². The molecular weight excluding hydrogens is 312 g/mol. The fourth-order valence-corrected chi connectivity index (χ4v) is 2.88. The summed E-state index contributed by atoms with van der Waals surface area (Å²) in [5.74, 6) is 0.633. The molecule has 6 heteroatoms. The zero-order valence-electron chi connectivity index (χ0n) is 12.2. The maximum Gasteiger partial charge on any atom is 0.147 e. The van der Waals surface area contributed by atoms with E-state index in [0.717, 1.165) is 27.5 Å². The fraction of sp³-hybridized carbons (Fsp3) is 0.0588. The predicted octanol–water partition coefficient (Wildman–Crippen LogP) is 3.90. The van der Waals surface area contributed by atoms with Gasteiger partial charge in [0.25, 0.3) is 0 Å². The van der Waals surface area contributed by atoms with Crippen LogP contribution in [0.2, 0.25) is 5.02 Å². The molecule has 0 aliphatic rings. The lowest BCUT2D eigenvalue weighted by atomic mass is 10.0. The van der Waals surface area contributed by atoms with Crippen LogP contribution in [0, 0.1) is 0 Å². The van der Waals surface area contributed by atoms with Gasteiger partial charge >= 0.3 is 0 Å². The Bertz CT molecular complexity index is 1040. The molecule has 2 aromatic heterocycles. The quantitative estimate of drug-likeness (QED) is 0.560. The maximum atomic E-state index is 6.36. The summed E-state index contributed by atoms with van der Waals surface area (Å²) in [5, 5.41) is 10.4. The smallest absolute Gasteiger partial charge is 0.147 e. The van der Waals surface area contributed by atoms with Crippen molar-refractivity contribution in [1.29, 1.82) is 0 Å². The van der Waals surface area contributed by atoms with E-state index in [1.54, 1.807) is 25.7 Å². The number of hydrogen-bond donors (Lipinski definition) is 0. The van der Waals surface area contributed by atoms with E-state index >= 15 is 0 Å². The van der Waals surface area contributed by atoms with Gasteiger partial charge in [-0.25, -0.2) is 0 Å². The Hall–Kier alpha value is -2.79. The Labute approximate surface area is 136 Å². The molecule has 0 radical (unpaired) electrons. The van der Waals surface area contributed by atoms with Crippen LogP contribution in [0.4, 0.5) is 0 Å². The summed E-state index contributed by atoms with van der Waals surface area (Å²) in [5.41, 5.74) is 3.03. The lowest BCUT2D eigenvalue weighted by molar-refractivity contribution is 0.419. The van der Waals surface area contributed by atoms with Crippen molar-refractivity contribution in [1.82, 2.24) is 20.2 Å². The number of halogens is 1. The van der Waals surface area contributed by atoms with Gasteiger partial charge in [0.05, 0.1) is 29.9 Å². The number of methoxy groups -OCH3 is 1. The van der Waals surface area contributed by atoms with Crippen molar-refractivity contribution in [3.63, 3.8) is 0 Å². The van der Waals surface area contributed by atoms with Crippen LogP contribution >= 0.6 is 11.6 Å². The monoisotopic (exact) mass is 322 g/mol. The lowest BCUT2D eigenvalue weighted by Gasteiger charge is -2.07. The first-order valence-electron chi connectivity index (χ1n) is 6.97. The van der Waals surface area contributed by atoms with E-state index in [1.165, 1.54) is 0 Å². The molecule has 0 aliphatic heterocycles. The van der Waals surface area contributed by atoms with Crippen LogP contribution < -0.4 is 4.74 Å². The SMILES string of the molecule is COc1cc2c(-c3ccccc3Cl)nccnc2c2cnnc12. The van der Waals surface area contributed by atoms with Crippen LogP contribution in [0.3, 0.4) is 0 Å². The molecule has 5 nitrogen and oxygen atoms in total. The van der Waals surface area contributed by atoms with Crippen molar-refractivity contribution in [2.75, 3.05) is 7.11 Å². The van der Waals surface area contributed by atoms with Crippen molar-refractivity contribution in [3.05, 3.63) is 53.9 Å². The molecule has 112 valence electrons. The molecule has 2 heterocycles. The second-order valence-corrected chi connectivity index (χ2v) is 5.37. The average molecular weight is 323 g/mol. The van der Waals surface area contributed by atoms with Gasteiger partial charge in [0.1, 0.15) is 11.3 Å². The summed E-state index contributed by atoms with van der Waals surface area (Å²) >= 11 is 6.36. The van der Waals surface area contributed by atoms with E-state index in [2.05, 4.69) is 20.2 Å². The molecule has 0 bridgehead atoms. The Morgan fingerprint density at radius 3 is 2.65 bits per heavy atom. The van der Waals surface area contributed by atoms with Crippen molar-refractivity contribution in [2.45, 2.75) is 0 Å². The third kappa shape index (κ3) is 2.17. The first-order chi connectivity index (χ1) is 11.3. The van der Waals surface area contributed by atoms with E-state index in [-0.39, 0.29) is 0 Å². The first kappa shape index (κ1) is 13.8. The molecule has 0 amide bonds. The van der Waals surface area contributed by atoms with Crippen LogP contribution in [-0.4, -0.2) is 27.3 Å². The highest BCUT2D eigenvalue weighted by atomic mass is 35.5. The number of benzene rings is 2. The minimum Gasteiger partial charge on any atom is -0.494 e. The van der Waals surface area contributed by atoms with Crippen LogP contribution in [-0.2, 0) is 0 Å². The summed E-state index contributed by atoms with van der Waals surface area (Å²) in [7, 11) is 1.61. The zero-order valence-corrected chi connectivity index (χ0v) is 12.9. The lowest BCUT2D eigenvalue weighted by Crippen LogP contribution is -1.89. The molecule has 4 rings (SSSR count). The van der Waals surface area contributed by atoms with Crippen molar-refractivity contribution in [3.8, 4) is 17.0 Å². The highest BCUT2D eigenvalue weighted by Crippen LogP contribution is 2.36. The minimum atomic E-state index is 0.630. The van der Waals surface area contributed by atoms with Crippen molar-refractivity contribution < 1.29 is 4.74 Å². The number of rotatable bonds is 2. The largest absolute Gasteiger partial charge is 0.494 e. The molecule has 4 aromatic rings. The molecule has 23 heavy (non-hydrogen) atoms. The normalized spacial score (nSPS) is 11.0. The first-order valence-corrected chi connectivity index (χ1v) is 7.35. The fourth-order valence-electron chi connectivity index (χ4n) is 2.66. The molecular formula is C17H11ClN4O. The summed E-state index contributed by atoms with van der Waals surface area (Å²) in [6, 6.07) is 9.47. The van der Waals surface area contributed by atoms with Crippen LogP contribution in [0.1, 0.15) is 0 Å². The Morgan fingerprint density at radius 1 is 1.00 bits per heavy atom. The highest BCUT2D eigenvalue weighted by Gasteiger charge is 2.15. The number of ether oxygens (including phenoxy) is 1. The summed E-state index contributed by atoms with van der Waals surface area (Å²) in [6.45, 7) is 0. The second kappa shape index (κ2) is 5.44. The van der Waals surface area contributed by atoms with E-state index in [4.69, 9.17) is 16.3 Å². The van der Waals surface area contributed by atoms with Crippen molar-refractivity contribution in [2.24, 2.45) is 0 Å². The summed E-state index contributed by atoms with van der Waals surface area (Å²) < 4.78 is 5.45. The number of fused-ring (bicyclic) bond motifs is 3. The molecule has 0 aliphatic carbocycles. The van der Waals surface area contributed by atoms with Gasteiger partial charge in [-0.3, -0.25) is 9.97 Å². The Morgan fingerprint density at radius 2 is 1.83 bits per heavy atom.